The lowest BCUT2D eigenvalue weighted by atomic mass is 9.79. The molecule has 4 heterocycles. The molecule has 3 aliphatic heterocycles. The van der Waals surface area contributed by atoms with Gasteiger partial charge in [-0.05, 0) is 52.7 Å². The van der Waals surface area contributed by atoms with Crippen LogP contribution in [-0.2, 0) is 54.0 Å². The zero-order valence-corrected chi connectivity index (χ0v) is 36.9. The number of hydrogen-bond donors (Lipinski definition) is 4. The van der Waals surface area contributed by atoms with Gasteiger partial charge in [-0.1, -0.05) is 43.7 Å². The zero-order valence-electron chi connectivity index (χ0n) is 36.9. The summed E-state index contributed by atoms with van der Waals surface area (Å²) in [6, 6.07) is -0.862. The molecule has 2 radical (unpaired) electrons. The fourth-order valence-electron chi connectivity index (χ4n) is 8.54. The van der Waals surface area contributed by atoms with Crippen molar-refractivity contribution in [3.8, 4) is 0 Å². The fourth-order valence-corrected chi connectivity index (χ4v) is 8.54. The van der Waals surface area contributed by atoms with Gasteiger partial charge >= 0.3 is 5.97 Å². The predicted molar refractivity (Wildman–Crippen MR) is 220 cm³/mol. The van der Waals surface area contributed by atoms with Crippen LogP contribution in [0.3, 0.4) is 0 Å². The Bertz CT molecular complexity index is 1620. The van der Waals surface area contributed by atoms with E-state index in [9.17, 15) is 34.8 Å². The summed E-state index contributed by atoms with van der Waals surface area (Å²) in [5.41, 5.74) is 1.30. The molecule has 2 fully saturated rings. The summed E-state index contributed by atoms with van der Waals surface area (Å²) in [5.74, 6) is -3.57. The molecule has 2 saturated heterocycles. The van der Waals surface area contributed by atoms with E-state index in [1.54, 1.807) is 58.8 Å². The molecule has 61 heavy (non-hydrogen) atoms. The van der Waals surface area contributed by atoms with E-state index >= 15 is 0 Å². The van der Waals surface area contributed by atoms with Gasteiger partial charge in [-0.2, -0.15) is 0 Å². The van der Waals surface area contributed by atoms with Crippen LogP contribution in [0.15, 0.2) is 30.0 Å². The number of aldehydes is 1. The molecule has 0 amide bonds. The number of cyclic esters (lactones) is 1. The van der Waals surface area contributed by atoms with E-state index in [0.29, 0.717) is 36.9 Å². The number of hydrogen-bond acceptors (Lipinski definition) is 17. The van der Waals surface area contributed by atoms with Crippen LogP contribution in [0.25, 0.3) is 0 Å². The maximum Gasteiger partial charge on any atom is 0.308 e. The molecule has 0 spiro atoms. The Labute approximate surface area is 360 Å². The van der Waals surface area contributed by atoms with Crippen molar-refractivity contribution in [1.82, 2.24) is 19.8 Å². The first kappa shape index (κ1) is 50.7. The Morgan fingerprint density at radius 3 is 2.26 bits per heavy atom. The molecule has 18 nitrogen and oxygen atoms in total. The van der Waals surface area contributed by atoms with Crippen LogP contribution in [0.5, 0.6) is 0 Å². The van der Waals surface area contributed by atoms with Crippen LogP contribution in [-0.4, -0.2) is 180 Å². The zero-order chi connectivity index (χ0) is 45.1. The van der Waals surface area contributed by atoms with Crippen molar-refractivity contribution >= 4 is 26.0 Å². The lowest BCUT2D eigenvalue weighted by molar-refractivity contribution is -0.305. The van der Waals surface area contributed by atoms with Crippen LogP contribution in [0.2, 0.25) is 0 Å². The van der Waals surface area contributed by atoms with Gasteiger partial charge in [0.15, 0.2) is 18.4 Å². The average Bonchev–Trinajstić information content (AvgIpc) is 3.65. The van der Waals surface area contributed by atoms with Crippen LogP contribution in [0.1, 0.15) is 72.9 Å². The number of nitrogens with zero attached hydrogens (tertiary/aromatic N) is 4. The molecule has 4 N–H and O–H groups in total. The summed E-state index contributed by atoms with van der Waals surface area (Å²) in [4.78, 5) is 41.3. The minimum absolute atomic E-state index is 0.00430. The van der Waals surface area contributed by atoms with E-state index in [4.69, 9.17) is 41.1 Å². The van der Waals surface area contributed by atoms with Gasteiger partial charge in [-0.25, -0.2) is 0 Å². The molecule has 17 atom stereocenters. The highest BCUT2D eigenvalue weighted by molar-refractivity contribution is 6.05. The van der Waals surface area contributed by atoms with Crippen molar-refractivity contribution in [3.05, 3.63) is 35.7 Å². The Morgan fingerprint density at radius 1 is 0.967 bits per heavy atom. The minimum atomic E-state index is -1.40. The molecule has 3 aliphatic rings. The Balaban J connectivity index is 1.61. The van der Waals surface area contributed by atoms with Gasteiger partial charge in [-0.3, -0.25) is 14.5 Å². The number of aliphatic hydroxyl groups excluding tert-OH is 4. The van der Waals surface area contributed by atoms with Crippen molar-refractivity contribution in [2.75, 3.05) is 34.4 Å². The quantitative estimate of drug-likeness (QED) is 0.115. The number of aromatic nitrogens is 3. The first-order valence-corrected chi connectivity index (χ1v) is 21.2. The van der Waals surface area contributed by atoms with E-state index in [0.717, 1.165) is 4.59 Å². The SMILES string of the molecule is [B]n1cc(CCN(C)C2C(O)C(C)OC(O[C@H]3[C@@H](CC=O)C[C@@H](C)C(=O)/C=C/C(C)=C/[C@H](COC4OC(C)C(O)C(OC)C4OC)[C@@H](CC)OC(=O)C[C@@H](O)[C@@H]3C)C2O)nn1. The number of likely N-dealkylation sites (N-methyl/N-ethyl adjacent to an activating group) is 1. The highest BCUT2D eigenvalue weighted by Crippen LogP contribution is 2.35. The second-order valence-electron chi connectivity index (χ2n) is 16.8. The molecular weight excluding hydrogens is 795 g/mol. The topological polar surface area (TPSA) is 231 Å². The number of methoxy groups -OCH3 is 2. The highest BCUT2D eigenvalue weighted by atomic mass is 16.7. The number of ether oxygens (including phenoxy) is 7. The smallest absolute Gasteiger partial charge is 0.308 e. The number of carbonyl (C=O) groups excluding carboxylic acids is 3. The second kappa shape index (κ2) is 23.7. The van der Waals surface area contributed by atoms with Gasteiger partial charge in [0.1, 0.15) is 36.8 Å². The molecule has 10 unspecified atom stereocenters. The van der Waals surface area contributed by atoms with Crippen molar-refractivity contribution in [2.45, 2.75) is 153 Å². The van der Waals surface area contributed by atoms with Gasteiger partial charge in [0.2, 0.25) is 0 Å². The molecule has 1 aromatic heterocycles. The largest absolute Gasteiger partial charge is 0.462 e. The summed E-state index contributed by atoms with van der Waals surface area (Å²) in [7, 11) is 10.3. The first-order valence-electron chi connectivity index (χ1n) is 21.2. The number of rotatable bonds is 14. The molecule has 342 valence electrons. The number of aliphatic hydroxyl groups is 4. The van der Waals surface area contributed by atoms with Crippen molar-refractivity contribution in [3.63, 3.8) is 0 Å². The third kappa shape index (κ3) is 13.3. The Kier molecular flexibility index (Phi) is 19.7. The molecule has 1 aromatic rings. The number of esters is 1. The lowest BCUT2D eigenvalue weighted by Gasteiger charge is -2.47. The first-order chi connectivity index (χ1) is 28.9. The van der Waals surface area contributed by atoms with Crippen molar-refractivity contribution in [2.24, 2.45) is 23.7 Å². The number of ketones is 1. The summed E-state index contributed by atoms with van der Waals surface area (Å²) in [6.45, 7) is 10.8. The monoisotopic (exact) mass is 862 g/mol. The third-order valence-electron chi connectivity index (χ3n) is 12.3. The molecule has 0 aromatic carbocycles. The van der Waals surface area contributed by atoms with Crippen LogP contribution in [0, 0.1) is 23.7 Å². The summed E-state index contributed by atoms with van der Waals surface area (Å²) in [5, 5.41) is 53.1. The summed E-state index contributed by atoms with van der Waals surface area (Å²) >= 11 is 0. The molecule has 0 bridgehead atoms. The second-order valence-corrected chi connectivity index (χ2v) is 16.8. The van der Waals surface area contributed by atoms with Crippen LogP contribution < -0.4 is 0 Å². The molecule has 19 heteroatoms. The van der Waals surface area contributed by atoms with Gasteiger partial charge in [0.05, 0.1) is 55.3 Å². The third-order valence-corrected chi connectivity index (χ3v) is 12.3. The predicted octanol–water partition coefficient (Wildman–Crippen LogP) is 0.698. The molecular formula is C42H67BN4O14. The van der Waals surface area contributed by atoms with Crippen molar-refractivity contribution in [1.29, 1.82) is 0 Å². The summed E-state index contributed by atoms with van der Waals surface area (Å²) in [6.07, 6.45) is -4.09. The highest BCUT2D eigenvalue weighted by Gasteiger charge is 2.48. The van der Waals surface area contributed by atoms with Crippen LogP contribution in [0.4, 0.5) is 0 Å². The molecule has 4 rings (SSSR count). The van der Waals surface area contributed by atoms with Gasteiger partial charge in [0, 0.05) is 57.6 Å². The van der Waals surface area contributed by atoms with Gasteiger partial charge < -0.3 is 63.0 Å². The average molecular weight is 863 g/mol. The number of carbonyl (C=O) groups is 3. The van der Waals surface area contributed by atoms with Gasteiger partial charge in [-0.15, -0.1) is 5.10 Å². The lowest BCUT2D eigenvalue weighted by Crippen LogP contribution is -2.64. The minimum Gasteiger partial charge on any atom is -0.462 e. The standard InChI is InChI=1S/C42H67BN4O14/c1-10-32-28(21-57-42-40(56-9)39(55-8)36(53)26(6)59-42)17-22(2)11-12-30(49)23(3)18-27(14-16-48)38(24(4)31(50)19-33(51)60-32)61-41-37(54)34(35(52)25(5)58-41)46(7)15-13-29-20-47(43)45-44-29/h11-12,16-17,20,23-28,31-32,34-42,50,52-54H,10,13-15,18-19,21H2,1-9H3/b12-11+,22-17+/t23-,24+,25?,26?,27+,28-,31-,32-,34?,35?,36?,37?,38-,39?,40?,41?,42?/m1/s1. The molecule has 0 aliphatic carbocycles. The fraction of sp³-hybridized carbons (Fsp3) is 0.786. The van der Waals surface area contributed by atoms with E-state index in [1.807, 2.05) is 13.0 Å². The van der Waals surface area contributed by atoms with Gasteiger partial charge in [0.25, 0.3) is 7.98 Å². The van der Waals surface area contributed by atoms with E-state index in [1.165, 1.54) is 20.3 Å². The summed E-state index contributed by atoms with van der Waals surface area (Å²) < 4.78 is 43.1. The van der Waals surface area contributed by atoms with Crippen molar-refractivity contribution < 1.29 is 68.0 Å². The maximum absolute atomic E-state index is 13.7. The van der Waals surface area contributed by atoms with E-state index in [2.05, 4.69) is 10.3 Å². The number of allylic oxidation sites excluding steroid dienone is 3. The van der Waals surface area contributed by atoms with Crippen LogP contribution >= 0.6 is 0 Å². The molecule has 0 saturated carbocycles. The van der Waals surface area contributed by atoms with E-state index < -0.39 is 116 Å². The normalized spacial score (nSPS) is 40.0. The Hall–Kier alpha value is -2.95. The van der Waals surface area contributed by atoms with E-state index in [-0.39, 0.29) is 25.2 Å². The Morgan fingerprint density at radius 2 is 1.64 bits per heavy atom. The maximum atomic E-state index is 13.7.